The van der Waals surface area contributed by atoms with Crippen molar-refractivity contribution in [2.45, 2.75) is 38.0 Å². The number of hydrogen-bond acceptors (Lipinski definition) is 2. The molecule has 0 unspecified atom stereocenters. The number of carbonyl (C=O) groups excluding carboxylic acids is 1. The summed E-state index contributed by atoms with van der Waals surface area (Å²) in [6.45, 7) is 2.97. The summed E-state index contributed by atoms with van der Waals surface area (Å²) in [6, 6.07) is 6.18. The maximum Gasteiger partial charge on any atom is 0.316 e. The summed E-state index contributed by atoms with van der Waals surface area (Å²) in [7, 11) is 1.33. The molecule has 0 aromatic heterocycles. The van der Waals surface area contributed by atoms with Crippen LogP contribution in [-0.4, -0.2) is 13.1 Å². The fraction of sp³-hybridized carbons (Fsp3) is 0.533. The first-order valence-electron chi connectivity index (χ1n) is 6.42. The van der Waals surface area contributed by atoms with Crippen LogP contribution in [0.5, 0.6) is 0 Å². The van der Waals surface area contributed by atoms with Gasteiger partial charge in [-0.3, -0.25) is 4.79 Å². The number of ether oxygens (including phenoxy) is 1. The molecule has 0 N–H and O–H groups in total. The van der Waals surface area contributed by atoms with Gasteiger partial charge in [-0.15, -0.1) is 0 Å². The number of carbonyl (C=O) groups is 1. The van der Waals surface area contributed by atoms with Crippen LogP contribution in [0.4, 0.5) is 8.78 Å². The van der Waals surface area contributed by atoms with Gasteiger partial charge in [-0.1, -0.05) is 32.0 Å². The first-order chi connectivity index (χ1) is 8.84. The van der Waals surface area contributed by atoms with E-state index in [1.165, 1.54) is 33.1 Å². The van der Waals surface area contributed by atoms with Crippen LogP contribution in [-0.2, 0) is 20.9 Å². The molecule has 19 heavy (non-hydrogen) atoms. The number of hydrogen-bond donors (Lipinski definition) is 0. The summed E-state index contributed by atoms with van der Waals surface area (Å²) in [5, 5.41) is 0. The Labute approximate surface area is 111 Å². The van der Waals surface area contributed by atoms with E-state index in [2.05, 4.69) is 0 Å². The lowest BCUT2D eigenvalue weighted by Crippen LogP contribution is -2.24. The van der Waals surface area contributed by atoms with Crippen LogP contribution in [0.3, 0.4) is 0 Å². The number of alkyl halides is 2. The molecule has 2 nitrogen and oxygen atoms in total. The predicted octanol–water partition coefficient (Wildman–Crippen LogP) is 3.64. The van der Waals surface area contributed by atoms with Crippen molar-refractivity contribution in [1.82, 2.24) is 0 Å². The van der Waals surface area contributed by atoms with Crippen molar-refractivity contribution in [3.05, 3.63) is 35.4 Å². The van der Waals surface area contributed by atoms with E-state index in [0.29, 0.717) is 18.4 Å². The van der Waals surface area contributed by atoms with Gasteiger partial charge in [0.1, 0.15) is 0 Å². The Bertz CT molecular complexity index is 491. The normalized spacial score (nSPS) is 17.4. The van der Waals surface area contributed by atoms with Gasteiger partial charge in [-0.25, -0.2) is 8.78 Å². The minimum absolute atomic E-state index is 0.0322. The molecule has 1 fully saturated rings. The lowest BCUT2D eigenvalue weighted by molar-refractivity contribution is -0.143. The summed E-state index contributed by atoms with van der Waals surface area (Å²) >= 11 is 0. The first-order valence-corrected chi connectivity index (χ1v) is 6.42. The zero-order chi connectivity index (χ0) is 14.3. The van der Waals surface area contributed by atoms with E-state index in [1.54, 1.807) is 12.1 Å². The molecule has 0 saturated heterocycles. The average molecular weight is 268 g/mol. The molecule has 1 saturated carbocycles. The van der Waals surface area contributed by atoms with Gasteiger partial charge in [0, 0.05) is 11.5 Å². The average Bonchev–Trinajstić information content (AvgIpc) is 3.19. The van der Waals surface area contributed by atoms with Crippen LogP contribution in [0.25, 0.3) is 0 Å². The highest BCUT2D eigenvalue weighted by molar-refractivity contribution is 5.86. The summed E-state index contributed by atoms with van der Waals surface area (Å²) in [5.41, 5.74) is -0.0926. The fourth-order valence-electron chi connectivity index (χ4n) is 2.29. The Hall–Kier alpha value is -1.45. The van der Waals surface area contributed by atoms with Crippen molar-refractivity contribution in [3.63, 3.8) is 0 Å². The second kappa shape index (κ2) is 4.58. The van der Waals surface area contributed by atoms with E-state index >= 15 is 0 Å². The highest BCUT2D eigenvalue weighted by Gasteiger charge is 2.53. The summed E-state index contributed by atoms with van der Waals surface area (Å²) in [6.07, 6.45) is 1.33. The van der Waals surface area contributed by atoms with E-state index in [1.807, 2.05) is 0 Å². The third-order valence-electron chi connectivity index (χ3n) is 3.85. The van der Waals surface area contributed by atoms with Gasteiger partial charge >= 0.3 is 5.97 Å². The van der Waals surface area contributed by atoms with Crippen molar-refractivity contribution in [1.29, 1.82) is 0 Å². The quantitative estimate of drug-likeness (QED) is 0.779. The van der Waals surface area contributed by atoms with Gasteiger partial charge in [-0.05, 0) is 24.5 Å². The Morgan fingerprint density at radius 2 is 2.00 bits per heavy atom. The molecule has 0 spiro atoms. The van der Waals surface area contributed by atoms with Crippen molar-refractivity contribution in [3.8, 4) is 0 Å². The van der Waals surface area contributed by atoms with E-state index in [-0.39, 0.29) is 11.5 Å². The minimum atomic E-state index is -2.89. The predicted molar refractivity (Wildman–Crippen MR) is 68.1 cm³/mol. The Kier molecular flexibility index (Phi) is 3.37. The van der Waals surface area contributed by atoms with Gasteiger partial charge in [-0.2, -0.15) is 0 Å². The van der Waals surface area contributed by atoms with Crippen molar-refractivity contribution >= 4 is 5.97 Å². The first kappa shape index (κ1) is 14.0. The van der Waals surface area contributed by atoms with Gasteiger partial charge in [0.2, 0.25) is 0 Å². The second-order valence-corrected chi connectivity index (χ2v) is 5.43. The van der Waals surface area contributed by atoms with Gasteiger partial charge in [0.25, 0.3) is 5.92 Å². The van der Waals surface area contributed by atoms with Crippen LogP contribution in [0, 0.1) is 5.92 Å². The monoisotopic (exact) mass is 268 g/mol. The Balaban J connectivity index is 2.39. The van der Waals surface area contributed by atoms with Crippen LogP contribution in [0.1, 0.15) is 37.8 Å². The summed E-state index contributed by atoms with van der Waals surface area (Å²) < 4.78 is 32.8. The maximum atomic E-state index is 14.0. The topological polar surface area (TPSA) is 26.3 Å². The minimum Gasteiger partial charge on any atom is -0.468 e. The third kappa shape index (κ3) is 2.24. The molecule has 0 atom stereocenters. The zero-order valence-corrected chi connectivity index (χ0v) is 11.4. The highest BCUT2D eigenvalue weighted by atomic mass is 19.3. The molecular formula is C15H18F2O2. The molecule has 1 aromatic carbocycles. The number of halogens is 2. The largest absolute Gasteiger partial charge is 0.468 e. The Morgan fingerprint density at radius 3 is 2.47 bits per heavy atom. The lowest BCUT2D eigenvalue weighted by Gasteiger charge is -2.22. The molecule has 1 aliphatic rings. The molecule has 2 rings (SSSR count). The summed E-state index contributed by atoms with van der Waals surface area (Å²) in [5.74, 6) is -4.00. The highest BCUT2D eigenvalue weighted by Crippen LogP contribution is 2.50. The smallest absolute Gasteiger partial charge is 0.316 e. The molecule has 0 amide bonds. The number of benzene rings is 1. The zero-order valence-electron chi connectivity index (χ0n) is 11.4. The molecule has 4 heteroatoms. The van der Waals surface area contributed by atoms with Crippen LogP contribution in [0.15, 0.2) is 24.3 Å². The molecule has 0 heterocycles. The SMILES string of the molecule is COC(=O)C1(c2cccc(C(F)(F)C(C)C)c2)CC1. The van der Waals surface area contributed by atoms with Crippen LogP contribution in [0.2, 0.25) is 0 Å². The van der Waals surface area contributed by atoms with Crippen molar-refractivity contribution in [2.75, 3.05) is 7.11 Å². The molecule has 1 aromatic rings. The van der Waals surface area contributed by atoms with E-state index in [0.717, 1.165) is 0 Å². The Morgan fingerprint density at radius 1 is 1.37 bits per heavy atom. The lowest BCUT2D eigenvalue weighted by atomic mass is 9.90. The molecule has 0 aliphatic heterocycles. The molecule has 104 valence electrons. The van der Waals surface area contributed by atoms with Crippen molar-refractivity contribution < 1.29 is 18.3 Å². The second-order valence-electron chi connectivity index (χ2n) is 5.43. The third-order valence-corrected chi connectivity index (χ3v) is 3.85. The van der Waals surface area contributed by atoms with Crippen LogP contribution >= 0.6 is 0 Å². The number of methoxy groups -OCH3 is 1. The van der Waals surface area contributed by atoms with Crippen molar-refractivity contribution in [2.24, 2.45) is 5.92 Å². The molecular weight excluding hydrogens is 250 g/mol. The molecule has 0 bridgehead atoms. The molecule has 0 radical (unpaired) electrons. The van der Waals surface area contributed by atoms with E-state index < -0.39 is 17.3 Å². The standard InChI is InChI=1S/C15H18F2O2/c1-10(2)15(16,17)12-6-4-5-11(9-12)14(7-8-14)13(18)19-3/h4-6,9-10H,7-8H2,1-3H3. The van der Waals surface area contributed by atoms with Gasteiger partial charge < -0.3 is 4.74 Å². The summed E-state index contributed by atoms with van der Waals surface area (Å²) in [4.78, 5) is 11.8. The molecule has 1 aliphatic carbocycles. The number of rotatable bonds is 4. The fourth-order valence-corrected chi connectivity index (χ4v) is 2.29. The van der Waals surface area contributed by atoms with Gasteiger partial charge in [0.05, 0.1) is 12.5 Å². The van der Waals surface area contributed by atoms with E-state index in [9.17, 15) is 13.6 Å². The maximum absolute atomic E-state index is 14.0. The number of esters is 1. The van der Waals surface area contributed by atoms with E-state index in [4.69, 9.17) is 4.74 Å². The van der Waals surface area contributed by atoms with Gasteiger partial charge in [0.15, 0.2) is 0 Å². The van der Waals surface area contributed by atoms with Crippen LogP contribution < -0.4 is 0 Å².